The molecule has 0 aliphatic rings. The van der Waals surface area contributed by atoms with Gasteiger partial charge in [0.15, 0.2) is 0 Å². The lowest BCUT2D eigenvalue weighted by molar-refractivity contribution is 0.483. The number of hydrogen-bond acceptors (Lipinski definition) is 2. The van der Waals surface area contributed by atoms with Crippen LogP contribution in [-0.4, -0.2) is 13.0 Å². The van der Waals surface area contributed by atoms with Crippen LogP contribution in [0.3, 0.4) is 0 Å². The molecule has 1 aromatic rings. The minimum Gasteiger partial charge on any atom is -0.282 e. The first-order valence-corrected chi connectivity index (χ1v) is 20.5. The lowest BCUT2D eigenvalue weighted by Crippen LogP contribution is -1.98. The summed E-state index contributed by atoms with van der Waals surface area (Å²) in [7, 11) is -4.10. The first-order chi connectivity index (χ1) is 21.0. The summed E-state index contributed by atoms with van der Waals surface area (Å²) in [6.45, 7) is 2.30. The Hall–Kier alpha value is -0.870. The van der Waals surface area contributed by atoms with Crippen LogP contribution in [-0.2, 0) is 16.5 Å². The Morgan fingerprint density at radius 1 is 0.442 bits per heavy atom. The second-order valence-electron chi connectivity index (χ2n) is 13.5. The molecule has 43 heavy (non-hydrogen) atoms. The highest BCUT2D eigenvalue weighted by molar-refractivity contribution is 7.85. The molecule has 0 bridgehead atoms. The Balaban J connectivity index is 1.70. The Morgan fingerprint density at radius 2 is 0.721 bits per heavy atom. The summed E-state index contributed by atoms with van der Waals surface area (Å²) in [6, 6.07) is 6.69. The lowest BCUT2D eigenvalue weighted by atomic mass is 10.0. The van der Waals surface area contributed by atoms with Crippen LogP contribution in [0.4, 0.5) is 0 Å². The number of hydrogen-bond donors (Lipinski definition) is 1. The van der Waals surface area contributed by atoms with E-state index in [9.17, 15) is 13.0 Å². The van der Waals surface area contributed by atoms with Crippen molar-refractivity contribution in [2.75, 3.05) is 0 Å². The van der Waals surface area contributed by atoms with Crippen LogP contribution in [0.1, 0.15) is 212 Å². The highest BCUT2D eigenvalue weighted by atomic mass is 32.2. The van der Waals surface area contributed by atoms with Gasteiger partial charge in [0.05, 0.1) is 4.90 Å². The number of aryl methyl sites for hydroxylation is 1. The highest BCUT2D eigenvalue weighted by Gasteiger charge is 2.09. The maximum absolute atomic E-state index is 11.3. The van der Waals surface area contributed by atoms with Gasteiger partial charge >= 0.3 is 0 Å². The highest BCUT2D eigenvalue weighted by Crippen LogP contribution is 2.18. The van der Waals surface area contributed by atoms with Gasteiger partial charge < -0.3 is 0 Å². The van der Waals surface area contributed by atoms with Crippen molar-refractivity contribution in [3.05, 3.63) is 29.8 Å². The van der Waals surface area contributed by atoms with Crippen LogP contribution < -0.4 is 0 Å². The zero-order valence-electron chi connectivity index (χ0n) is 28.6. The van der Waals surface area contributed by atoms with E-state index >= 15 is 0 Å². The predicted molar refractivity (Wildman–Crippen MR) is 189 cm³/mol. The second kappa shape index (κ2) is 29.8. The molecular weight excluding hydrogens is 548 g/mol. The van der Waals surface area contributed by atoms with Gasteiger partial charge in [-0.05, 0) is 30.5 Å². The monoisotopic (exact) mass is 621 g/mol. The minimum absolute atomic E-state index is 0.00532. The number of rotatable bonds is 33. The van der Waals surface area contributed by atoms with Gasteiger partial charge in [-0.3, -0.25) is 4.55 Å². The molecule has 0 fully saturated rings. The molecule has 4 heteroatoms. The molecule has 0 heterocycles. The Bertz CT molecular complexity index is 820. The third-order valence-electron chi connectivity index (χ3n) is 9.27. The van der Waals surface area contributed by atoms with Gasteiger partial charge in [-0.1, -0.05) is 212 Å². The molecule has 252 valence electrons. The van der Waals surface area contributed by atoms with Gasteiger partial charge in [-0.2, -0.15) is 8.42 Å². The van der Waals surface area contributed by atoms with E-state index in [-0.39, 0.29) is 4.90 Å². The van der Waals surface area contributed by atoms with Crippen LogP contribution in [0.2, 0.25) is 0 Å². The normalized spacial score (nSPS) is 11.9. The van der Waals surface area contributed by atoms with Crippen molar-refractivity contribution in [1.29, 1.82) is 0 Å². The standard InChI is InChI=1S/C39H72O3S/c1-2-3-4-5-6-7-8-9-10-11-12-13-14-15-16-17-18-19-20-21-22-23-24-25-26-27-28-29-30-31-32-34-38-35-33-36-39(37-38)43(40,41)42/h33,35-37H,2-32,34H2,1H3,(H,40,41,42). The fourth-order valence-electron chi connectivity index (χ4n) is 6.39. The summed E-state index contributed by atoms with van der Waals surface area (Å²) in [4.78, 5) is 0.00532. The smallest absolute Gasteiger partial charge is 0.282 e. The third kappa shape index (κ3) is 27.2. The summed E-state index contributed by atoms with van der Waals surface area (Å²) in [5.41, 5.74) is 0.991. The maximum atomic E-state index is 11.3. The van der Waals surface area contributed by atoms with E-state index in [1.807, 2.05) is 6.07 Å². The zero-order valence-corrected chi connectivity index (χ0v) is 29.4. The molecular formula is C39H72O3S. The fourth-order valence-corrected chi connectivity index (χ4v) is 6.94. The number of benzene rings is 1. The van der Waals surface area contributed by atoms with E-state index in [0.29, 0.717) is 0 Å². The predicted octanol–water partition coefficient (Wildman–Crippen LogP) is 13.6. The number of unbranched alkanes of at least 4 members (excludes halogenated alkanes) is 30. The van der Waals surface area contributed by atoms with Crippen LogP contribution in [0.15, 0.2) is 29.2 Å². The molecule has 1 rings (SSSR count). The molecule has 0 atom stereocenters. The molecule has 0 saturated heterocycles. The second-order valence-corrected chi connectivity index (χ2v) is 14.9. The SMILES string of the molecule is CCCCCCCCCCCCCCCCCCCCCCCCCCCCCCCCCc1cccc(S(=O)(=O)O)c1. The molecule has 0 saturated carbocycles. The average Bonchev–Trinajstić information content (AvgIpc) is 2.99. The molecule has 0 spiro atoms. The van der Waals surface area contributed by atoms with Crippen LogP contribution >= 0.6 is 0 Å². The fraction of sp³-hybridized carbons (Fsp3) is 0.846. The van der Waals surface area contributed by atoms with Crippen molar-refractivity contribution in [2.24, 2.45) is 0 Å². The Kier molecular flexibility index (Phi) is 27.8. The van der Waals surface area contributed by atoms with Gasteiger partial charge in [0, 0.05) is 0 Å². The van der Waals surface area contributed by atoms with Gasteiger partial charge in [0.25, 0.3) is 10.1 Å². The molecule has 0 aliphatic heterocycles. The summed E-state index contributed by atoms with van der Waals surface area (Å²) < 4.78 is 31.7. The summed E-state index contributed by atoms with van der Waals surface area (Å²) in [6.07, 6.45) is 44.7. The summed E-state index contributed by atoms with van der Waals surface area (Å²) in [5, 5.41) is 0. The Labute approximate surface area is 269 Å². The van der Waals surface area contributed by atoms with E-state index in [0.717, 1.165) is 18.4 Å². The van der Waals surface area contributed by atoms with E-state index in [1.165, 1.54) is 199 Å². The quantitative estimate of drug-likeness (QED) is 0.0628. The van der Waals surface area contributed by atoms with Crippen LogP contribution in [0, 0.1) is 0 Å². The van der Waals surface area contributed by atoms with E-state index in [4.69, 9.17) is 0 Å². The first-order valence-electron chi connectivity index (χ1n) is 19.1. The molecule has 0 unspecified atom stereocenters. The minimum atomic E-state index is -4.10. The molecule has 3 nitrogen and oxygen atoms in total. The first kappa shape index (κ1) is 40.2. The maximum Gasteiger partial charge on any atom is 0.294 e. The van der Waals surface area contributed by atoms with E-state index in [1.54, 1.807) is 12.1 Å². The van der Waals surface area contributed by atoms with Gasteiger partial charge in [-0.15, -0.1) is 0 Å². The zero-order chi connectivity index (χ0) is 31.1. The topological polar surface area (TPSA) is 54.4 Å². The molecule has 0 aliphatic carbocycles. The van der Waals surface area contributed by atoms with Crippen molar-refractivity contribution in [2.45, 2.75) is 217 Å². The van der Waals surface area contributed by atoms with Crippen molar-refractivity contribution in [3.8, 4) is 0 Å². The van der Waals surface area contributed by atoms with E-state index < -0.39 is 10.1 Å². The van der Waals surface area contributed by atoms with Crippen LogP contribution in [0.5, 0.6) is 0 Å². The molecule has 1 N–H and O–H groups in total. The molecule has 0 radical (unpaired) electrons. The molecule has 1 aromatic carbocycles. The molecule has 0 amide bonds. The van der Waals surface area contributed by atoms with Crippen molar-refractivity contribution in [3.63, 3.8) is 0 Å². The van der Waals surface area contributed by atoms with Gasteiger partial charge in [0.1, 0.15) is 0 Å². The molecule has 0 aromatic heterocycles. The van der Waals surface area contributed by atoms with Gasteiger partial charge in [-0.25, -0.2) is 0 Å². The van der Waals surface area contributed by atoms with Gasteiger partial charge in [0.2, 0.25) is 0 Å². The average molecular weight is 621 g/mol. The van der Waals surface area contributed by atoms with Crippen molar-refractivity contribution >= 4 is 10.1 Å². The van der Waals surface area contributed by atoms with Crippen molar-refractivity contribution < 1.29 is 13.0 Å². The largest absolute Gasteiger partial charge is 0.294 e. The van der Waals surface area contributed by atoms with Crippen molar-refractivity contribution in [1.82, 2.24) is 0 Å². The van der Waals surface area contributed by atoms with Crippen LogP contribution in [0.25, 0.3) is 0 Å². The summed E-state index contributed by atoms with van der Waals surface area (Å²) >= 11 is 0. The lowest BCUT2D eigenvalue weighted by Gasteiger charge is -2.05. The van der Waals surface area contributed by atoms with E-state index in [2.05, 4.69) is 6.92 Å². The summed E-state index contributed by atoms with van der Waals surface area (Å²) in [5.74, 6) is 0. The third-order valence-corrected chi connectivity index (χ3v) is 10.1. The Morgan fingerprint density at radius 3 is 1.00 bits per heavy atom.